The van der Waals surface area contributed by atoms with Gasteiger partial charge >= 0.3 is 0 Å². The summed E-state index contributed by atoms with van der Waals surface area (Å²) in [4.78, 5) is 18.1. The van der Waals surface area contributed by atoms with Gasteiger partial charge in [-0.15, -0.1) is 22.7 Å². The zero-order valence-electron chi connectivity index (χ0n) is 18.0. The number of nitrogens with one attached hydrogen (secondary N) is 1. The van der Waals surface area contributed by atoms with E-state index in [1.54, 1.807) is 35.6 Å². The van der Waals surface area contributed by atoms with Gasteiger partial charge in [-0.25, -0.2) is 13.4 Å². The summed E-state index contributed by atoms with van der Waals surface area (Å²) in [6.07, 6.45) is 1.31. The molecule has 1 fully saturated rings. The third kappa shape index (κ3) is 4.46. The van der Waals surface area contributed by atoms with Gasteiger partial charge in [0, 0.05) is 18.7 Å². The van der Waals surface area contributed by atoms with E-state index in [-0.39, 0.29) is 17.3 Å². The fourth-order valence-corrected chi connectivity index (χ4v) is 7.39. The first-order chi connectivity index (χ1) is 15.9. The smallest absolute Gasteiger partial charge is 0.243 e. The van der Waals surface area contributed by atoms with Gasteiger partial charge in [0.15, 0.2) is 0 Å². The Balaban J connectivity index is 1.33. The van der Waals surface area contributed by atoms with Crippen molar-refractivity contribution in [2.45, 2.75) is 24.7 Å². The summed E-state index contributed by atoms with van der Waals surface area (Å²) in [5.41, 5.74) is 2.84. The highest BCUT2D eigenvalue weighted by atomic mass is 32.2. The van der Waals surface area contributed by atoms with Gasteiger partial charge in [-0.3, -0.25) is 4.79 Å². The fourth-order valence-electron chi connectivity index (χ4n) is 4.01. The van der Waals surface area contributed by atoms with Crippen LogP contribution in [0, 0.1) is 12.8 Å². The van der Waals surface area contributed by atoms with Gasteiger partial charge in [-0.2, -0.15) is 4.31 Å². The van der Waals surface area contributed by atoms with Crippen LogP contribution in [0.3, 0.4) is 0 Å². The number of anilines is 1. The van der Waals surface area contributed by atoms with E-state index in [1.165, 1.54) is 15.6 Å². The topological polar surface area (TPSA) is 79.4 Å². The quantitative estimate of drug-likeness (QED) is 0.402. The average Bonchev–Trinajstić information content (AvgIpc) is 3.46. The van der Waals surface area contributed by atoms with Crippen LogP contribution in [0.5, 0.6) is 0 Å². The zero-order chi connectivity index (χ0) is 23.0. The molecule has 5 rings (SSSR count). The number of amides is 1. The highest BCUT2D eigenvalue weighted by molar-refractivity contribution is 7.89. The van der Waals surface area contributed by atoms with Crippen LogP contribution in [0.4, 0.5) is 5.00 Å². The van der Waals surface area contributed by atoms with Crippen LogP contribution in [-0.2, 0) is 14.8 Å². The molecule has 0 saturated carbocycles. The minimum atomic E-state index is -3.63. The molecule has 4 aromatic rings. The van der Waals surface area contributed by atoms with Crippen LogP contribution in [0.25, 0.3) is 20.8 Å². The van der Waals surface area contributed by atoms with Gasteiger partial charge in [0.05, 0.1) is 21.0 Å². The second-order valence-corrected chi connectivity index (χ2v) is 12.0. The van der Waals surface area contributed by atoms with Gasteiger partial charge in [0.1, 0.15) is 10.0 Å². The van der Waals surface area contributed by atoms with Crippen LogP contribution >= 0.6 is 22.7 Å². The number of hydrogen-bond donors (Lipinski definition) is 1. The molecule has 1 aliphatic heterocycles. The highest BCUT2D eigenvalue weighted by Gasteiger charge is 2.33. The summed E-state index contributed by atoms with van der Waals surface area (Å²) in [5, 5.41) is 6.59. The molecule has 33 heavy (non-hydrogen) atoms. The van der Waals surface area contributed by atoms with Crippen molar-refractivity contribution in [2.75, 3.05) is 18.4 Å². The Labute approximate surface area is 201 Å². The van der Waals surface area contributed by atoms with E-state index >= 15 is 0 Å². The molecule has 0 bridgehead atoms. The van der Waals surface area contributed by atoms with Gasteiger partial charge in [-0.05, 0) is 55.5 Å². The second-order valence-electron chi connectivity index (χ2n) is 8.15. The Hall–Kier alpha value is -2.59. The standard InChI is InChI=1S/C24H23N3O3S3/c1-16-8-10-18(11-9-16)33(29,30)27-13-4-5-17(15-27)22(28)26-23-19(12-14-31-23)24-25-20-6-2-3-7-21(20)32-24/h2-3,6-12,14,17H,4-5,13,15H2,1H3,(H,26,28). The molecule has 0 spiro atoms. The Bertz CT molecular complexity index is 1370. The minimum Gasteiger partial charge on any atom is -0.317 e. The minimum absolute atomic E-state index is 0.149. The number of para-hydroxylation sites is 1. The number of hydrogen-bond acceptors (Lipinski definition) is 6. The molecule has 9 heteroatoms. The number of sulfonamides is 1. The van der Waals surface area contributed by atoms with E-state index in [9.17, 15) is 13.2 Å². The predicted octanol–water partition coefficient (Wildman–Crippen LogP) is 5.37. The van der Waals surface area contributed by atoms with Crippen molar-refractivity contribution in [3.8, 4) is 10.6 Å². The van der Waals surface area contributed by atoms with E-state index < -0.39 is 15.9 Å². The predicted molar refractivity (Wildman–Crippen MR) is 134 cm³/mol. The molecule has 3 heterocycles. The number of carbonyl (C=O) groups excluding carboxylic acids is 1. The van der Waals surface area contributed by atoms with Crippen molar-refractivity contribution < 1.29 is 13.2 Å². The lowest BCUT2D eigenvalue weighted by Gasteiger charge is -2.31. The number of benzene rings is 2. The Morgan fingerprint density at radius 3 is 2.70 bits per heavy atom. The highest BCUT2D eigenvalue weighted by Crippen LogP contribution is 2.38. The zero-order valence-corrected chi connectivity index (χ0v) is 20.5. The number of thiazole rings is 1. The number of aryl methyl sites for hydroxylation is 1. The van der Waals surface area contributed by atoms with Crippen molar-refractivity contribution in [3.63, 3.8) is 0 Å². The van der Waals surface area contributed by atoms with Crippen LogP contribution in [-0.4, -0.2) is 36.7 Å². The van der Waals surface area contributed by atoms with Crippen molar-refractivity contribution in [1.82, 2.24) is 9.29 Å². The molecule has 170 valence electrons. The maximum Gasteiger partial charge on any atom is 0.243 e. The molecule has 1 N–H and O–H groups in total. The molecule has 2 aromatic heterocycles. The van der Waals surface area contributed by atoms with E-state index in [0.29, 0.717) is 19.4 Å². The SMILES string of the molecule is Cc1ccc(S(=O)(=O)N2CCCC(C(=O)Nc3sccc3-c3nc4ccccc4s3)C2)cc1. The summed E-state index contributed by atoms with van der Waals surface area (Å²) in [7, 11) is -3.63. The lowest BCUT2D eigenvalue weighted by Crippen LogP contribution is -2.43. The first kappa shape index (κ1) is 22.2. The number of nitrogens with zero attached hydrogens (tertiary/aromatic N) is 2. The number of aromatic nitrogens is 1. The van der Waals surface area contributed by atoms with Crippen LogP contribution in [0.1, 0.15) is 18.4 Å². The number of carbonyl (C=O) groups is 1. The number of fused-ring (bicyclic) bond motifs is 1. The van der Waals surface area contributed by atoms with Crippen LogP contribution in [0.15, 0.2) is 64.9 Å². The van der Waals surface area contributed by atoms with E-state index in [0.717, 1.165) is 31.4 Å². The molecule has 0 aliphatic carbocycles. The molecule has 1 aliphatic rings. The monoisotopic (exact) mass is 497 g/mol. The average molecular weight is 498 g/mol. The summed E-state index contributed by atoms with van der Waals surface area (Å²) < 4.78 is 28.7. The molecule has 1 amide bonds. The summed E-state index contributed by atoms with van der Waals surface area (Å²) in [6.45, 7) is 2.53. The first-order valence-electron chi connectivity index (χ1n) is 10.7. The molecular weight excluding hydrogens is 474 g/mol. The van der Waals surface area contributed by atoms with Crippen molar-refractivity contribution in [2.24, 2.45) is 5.92 Å². The van der Waals surface area contributed by atoms with Gasteiger partial charge in [0.2, 0.25) is 15.9 Å². The lowest BCUT2D eigenvalue weighted by atomic mass is 9.99. The molecule has 6 nitrogen and oxygen atoms in total. The Morgan fingerprint density at radius 1 is 1.12 bits per heavy atom. The molecule has 2 aromatic carbocycles. The number of rotatable bonds is 5. The Morgan fingerprint density at radius 2 is 1.91 bits per heavy atom. The molecule has 0 radical (unpaired) electrons. The summed E-state index contributed by atoms with van der Waals surface area (Å²) in [5.74, 6) is -0.548. The van der Waals surface area contributed by atoms with E-state index in [2.05, 4.69) is 5.32 Å². The summed E-state index contributed by atoms with van der Waals surface area (Å²) >= 11 is 3.04. The largest absolute Gasteiger partial charge is 0.317 e. The normalized spacial score (nSPS) is 17.3. The third-order valence-electron chi connectivity index (χ3n) is 5.84. The van der Waals surface area contributed by atoms with Crippen molar-refractivity contribution >= 4 is 53.8 Å². The maximum atomic E-state index is 13.1. The third-order valence-corrected chi connectivity index (χ3v) is 9.62. The second kappa shape index (κ2) is 8.98. The first-order valence-corrected chi connectivity index (χ1v) is 13.9. The van der Waals surface area contributed by atoms with Gasteiger partial charge in [-0.1, -0.05) is 29.8 Å². The van der Waals surface area contributed by atoms with Crippen molar-refractivity contribution in [3.05, 3.63) is 65.5 Å². The van der Waals surface area contributed by atoms with E-state index in [4.69, 9.17) is 4.98 Å². The fraction of sp³-hybridized carbons (Fsp3) is 0.250. The van der Waals surface area contributed by atoms with E-state index in [1.807, 2.05) is 42.6 Å². The molecule has 1 atom stereocenters. The van der Waals surface area contributed by atoms with Gasteiger partial charge < -0.3 is 5.32 Å². The van der Waals surface area contributed by atoms with Crippen LogP contribution in [0.2, 0.25) is 0 Å². The maximum absolute atomic E-state index is 13.1. The lowest BCUT2D eigenvalue weighted by molar-refractivity contribution is -0.120. The Kier molecular flexibility index (Phi) is 6.05. The molecule has 1 unspecified atom stereocenters. The number of thiophene rings is 1. The number of piperidine rings is 1. The van der Waals surface area contributed by atoms with Crippen molar-refractivity contribution in [1.29, 1.82) is 0 Å². The van der Waals surface area contributed by atoms with Gasteiger partial charge in [0.25, 0.3) is 0 Å². The van der Waals surface area contributed by atoms with Crippen LogP contribution < -0.4 is 5.32 Å². The molecule has 1 saturated heterocycles. The molecular formula is C24H23N3O3S3. The summed E-state index contributed by atoms with van der Waals surface area (Å²) in [6, 6.07) is 16.8.